The fourth-order valence-corrected chi connectivity index (χ4v) is 2.85. The maximum absolute atomic E-state index is 12.7. The fourth-order valence-electron chi connectivity index (χ4n) is 2.85. The summed E-state index contributed by atoms with van der Waals surface area (Å²) in [6.07, 6.45) is 0.583. The summed E-state index contributed by atoms with van der Waals surface area (Å²) < 4.78 is 38.2. The number of allylic oxidation sites excluding steroid dienone is 1. The van der Waals surface area contributed by atoms with Crippen molar-refractivity contribution in [2.24, 2.45) is 4.99 Å². The van der Waals surface area contributed by atoms with Crippen molar-refractivity contribution < 1.29 is 13.2 Å². The van der Waals surface area contributed by atoms with Crippen molar-refractivity contribution in [3.05, 3.63) is 89.5 Å². The van der Waals surface area contributed by atoms with E-state index in [1.165, 1.54) is 6.07 Å². The van der Waals surface area contributed by atoms with Crippen LogP contribution in [0.15, 0.2) is 77.8 Å². The van der Waals surface area contributed by atoms with Crippen molar-refractivity contribution in [3.8, 4) is 0 Å². The van der Waals surface area contributed by atoms with E-state index in [9.17, 15) is 13.2 Å². The van der Waals surface area contributed by atoms with E-state index in [1.807, 2.05) is 31.2 Å². The second-order valence-corrected chi connectivity index (χ2v) is 6.02. The molecular weight excluding hydrogens is 335 g/mol. The van der Waals surface area contributed by atoms with Crippen LogP contribution in [0.4, 0.5) is 13.2 Å². The number of fused-ring (bicyclic) bond motifs is 1. The number of aliphatic imine (C=N–C) groups is 1. The Hall–Kier alpha value is -2.88. The van der Waals surface area contributed by atoms with Crippen molar-refractivity contribution in [1.82, 2.24) is 0 Å². The van der Waals surface area contributed by atoms with Crippen molar-refractivity contribution >= 4 is 23.1 Å². The maximum Gasteiger partial charge on any atom is 0.416 e. The third-order valence-corrected chi connectivity index (χ3v) is 4.17. The van der Waals surface area contributed by atoms with Gasteiger partial charge in [-0.1, -0.05) is 60.7 Å². The van der Waals surface area contributed by atoms with Gasteiger partial charge in [0.25, 0.3) is 0 Å². The lowest BCUT2D eigenvalue weighted by atomic mass is 10.0. The zero-order valence-electron chi connectivity index (χ0n) is 14.2. The zero-order chi connectivity index (χ0) is 18.6. The third-order valence-electron chi connectivity index (χ3n) is 4.17. The van der Waals surface area contributed by atoms with Crippen molar-refractivity contribution in [2.75, 3.05) is 0 Å². The van der Waals surface area contributed by atoms with Crippen molar-refractivity contribution in [3.63, 3.8) is 0 Å². The first-order chi connectivity index (χ1) is 12.4. The van der Waals surface area contributed by atoms with Gasteiger partial charge in [0.15, 0.2) is 0 Å². The summed E-state index contributed by atoms with van der Waals surface area (Å²) in [6.45, 7) is 2.00. The molecule has 3 rings (SSSR count). The maximum atomic E-state index is 12.7. The molecule has 0 aromatic heterocycles. The van der Waals surface area contributed by atoms with Gasteiger partial charge in [0.05, 0.1) is 11.6 Å². The first-order valence-electron chi connectivity index (χ1n) is 8.30. The summed E-state index contributed by atoms with van der Waals surface area (Å²) in [6, 6.07) is 19.4. The standard InChI is InChI=1S/C22H18F3N/c1-16(20-13-5-10-18-9-2-3-12-21(18)20)26-14-6-8-17-7-4-11-19(15-17)22(23,24)25/h2-16H,1H3/b8-6+,26-14+/t16-/m1/s1. The van der Waals surface area contributed by atoms with Gasteiger partial charge in [-0.15, -0.1) is 0 Å². The van der Waals surface area contributed by atoms with E-state index in [2.05, 4.69) is 23.2 Å². The van der Waals surface area contributed by atoms with E-state index < -0.39 is 11.7 Å². The zero-order valence-corrected chi connectivity index (χ0v) is 14.2. The highest BCUT2D eigenvalue weighted by Crippen LogP contribution is 2.30. The van der Waals surface area contributed by atoms with Crippen LogP contribution in [-0.4, -0.2) is 6.21 Å². The Kier molecular flexibility index (Phi) is 5.21. The smallest absolute Gasteiger partial charge is 0.285 e. The molecule has 0 aliphatic rings. The van der Waals surface area contributed by atoms with Crippen molar-refractivity contribution in [2.45, 2.75) is 19.1 Å². The molecule has 1 nitrogen and oxygen atoms in total. The van der Waals surface area contributed by atoms with Crippen molar-refractivity contribution in [1.29, 1.82) is 0 Å². The van der Waals surface area contributed by atoms with Crippen LogP contribution in [0.1, 0.15) is 29.7 Å². The van der Waals surface area contributed by atoms with Gasteiger partial charge in [-0.3, -0.25) is 4.99 Å². The number of hydrogen-bond acceptors (Lipinski definition) is 1. The Bertz CT molecular complexity index is 950. The Morgan fingerprint density at radius 1 is 0.923 bits per heavy atom. The number of alkyl halides is 3. The first kappa shape index (κ1) is 17.9. The Morgan fingerprint density at radius 2 is 1.65 bits per heavy atom. The molecule has 3 aromatic rings. The summed E-state index contributed by atoms with van der Waals surface area (Å²) in [5, 5.41) is 2.31. The number of benzene rings is 3. The highest BCUT2D eigenvalue weighted by atomic mass is 19.4. The first-order valence-corrected chi connectivity index (χ1v) is 8.30. The molecule has 0 N–H and O–H groups in total. The van der Waals surface area contributed by atoms with Gasteiger partial charge in [0.2, 0.25) is 0 Å². The number of hydrogen-bond donors (Lipinski definition) is 0. The predicted octanol–water partition coefficient (Wildman–Crippen LogP) is 6.70. The van der Waals surface area contributed by atoms with Gasteiger partial charge in [-0.25, -0.2) is 0 Å². The average Bonchev–Trinajstić information content (AvgIpc) is 2.64. The van der Waals surface area contributed by atoms with Gasteiger partial charge < -0.3 is 0 Å². The SMILES string of the molecule is C[C@@H](/N=C/C=C/c1cccc(C(F)(F)F)c1)c1cccc2ccccc12. The quantitative estimate of drug-likeness (QED) is 0.463. The second kappa shape index (κ2) is 7.56. The topological polar surface area (TPSA) is 12.4 Å². The molecule has 0 bridgehead atoms. The largest absolute Gasteiger partial charge is 0.416 e. The molecule has 26 heavy (non-hydrogen) atoms. The Balaban J connectivity index is 1.75. The summed E-state index contributed by atoms with van der Waals surface area (Å²) in [4.78, 5) is 4.50. The van der Waals surface area contributed by atoms with Gasteiger partial charge >= 0.3 is 6.18 Å². The lowest BCUT2D eigenvalue weighted by Gasteiger charge is -2.10. The molecule has 3 aromatic carbocycles. The third kappa shape index (κ3) is 4.20. The summed E-state index contributed by atoms with van der Waals surface area (Å²) >= 11 is 0. The summed E-state index contributed by atoms with van der Waals surface area (Å²) in [5.74, 6) is 0. The molecule has 0 saturated carbocycles. The van der Waals surface area contributed by atoms with Gasteiger partial charge in [0.1, 0.15) is 0 Å². The Morgan fingerprint density at radius 3 is 2.46 bits per heavy atom. The van der Waals surface area contributed by atoms with Gasteiger partial charge in [0, 0.05) is 6.21 Å². The highest BCUT2D eigenvalue weighted by Gasteiger charge is 2.30. The van der Waals surface area contributed by atoms with E-state index in [0.29, 0.717) is 5.56 Å². The minimum absolute atomic E-state index is 0.0488. The van der Waals surface area contributed by atoms with Crippen LogP contribution in [0.5, 0.6) is 0 Å². The molecule has 132 valence electrons. The van der Waals surface area contributed by atoms with E-state index >= 15 is 0 Å². The molecule has 0 amide bonds. The summed E-state index contributed by atoms with van der Waals surface area (Å²) in [7, 11) is 0. The van der Waals surface area contributed by atoms with E-state index in [1.54, 1.807) is 24.4 Å². The molecule has 0 unspecified atom stereocenters. The normalized spacial score (nSPS) is 13.7. The molecule has 0 fully saturated rings. The van der Waals surface area contributed by atoms with Crippen LogP contribution < -0.4 is 0 Å². The van der Waals surface area contributed by atoms with Gasteiger partial charge in [-0.05, 0) is 47.0 Å². The lowest BCUT2D eigenvalue weighted by Crippen LogP contribution is -2.04. The van der Waals surface area contributed by atoms with Gasteiger partial charge in [-0.2, -0.15) is 13.2 Å². The number of rotatable bonds is 4. The molecule has 0 heterocycles. The number of halogens is 3. The minimum Gasteiger partial charge on any atom is -0.285 e. The van der Waals surface area contributed by atoms with Crippen LogP contribution in [0, 0.1) is 0 Å². The molecule has 0 radical (unpaired) electrons. The molecule has 0 spiro atoms. The molecule has 0 saturated heterocycles. The highest BCUT2D eigenvalue weighted by molar-refractivity contribution is 5.86. The molecule has 4 heteroatoms. The van der Waals surface area contributed by atoms with Crippen LogP contribution in [0.3, 0.4) is 0 Å². The van der Waals surface area contributed by atoms with Crippen LogP contribution in [0.25, 0.3) is 16.8 Å². The minimum atomic E-state index is -4.33. The van der Waals surface area contributed by atoms with E-state index in [-0.39, 0.29) is 6.04 Å². The van der Waals surface area contributed by atoms with Crippen LogP contribution in [0.2, 0.25) is 0 Å². The molecule has 0 aliphatic heterocycles. The summed E-state index contributed by atoms with van der Waals surface area (Å²) in [5.41, 5.74) is 0.955. The molecular formula is C22H18F3N. The Labute approximate surface area is 150 Å². The van der Waals surface area contributed by atoms with E-state index in [0.717, 1.165) is 28.5 Å². The molecule has 0 aliphatic carbocycles. The predicted molar refractivity (Wildman–Crippen MR) is 101 cm³/mol. The monoisotopic (exact) mass is 353 g/mol. The lowest BCUT2D eigenvalue weighted by molar-refractivity contribution is -0.137. The second-order valence-electron chi connectivity index (χ2n) is 6.02. The number of nitrogens with zero attached hydrogens (tertiary/aromatic N) is 1. The van der Waals surface area contributed by atoms with Crippen LogP contribution in [-0.2, 0) is 6.18 Å². The fraction of sp³-hybridized carbons (Fsp3) is 0.136. The molecule has 1 atom stereocenters. The van der Waals surface area contributed by atoms with E-state index in [4.69, 9.17) is 0 Å². The van der Waals surface area contributed by atoms with Crippen LogP contribution >= 0.6 is 0 Å². The average molecular weight is 353 g/mol.